The molecule has 0 atom stereocenters. The Morgan fingerprint density at radius 3 is 2.69 bits per heavy atom. The van der Waals surface area contributed by atoms with Crippen molar-refractivity contribution in [3.63, 3.8) is 0 Å². The number of nitrogens with zero attached hydrogens (tertiary/aromatic N) is 4. The maximum atomic E-state index is 12.3. The molecule has 0 unspecified atom stereocenters. The van der Waals surface area contributed by atoms with Gasteiger partial charge in [-0.15, -0.1) is 10.2 Å². The van der Waals surface area contributed by atoms with Gasteiger partial charge in [-0.3, -0.25) is 9.36 Å². The van der Waals surface area contributed by atoms with Gasteiger partial charge in [0.25, 0.3) is 0 Å². The molecule has 3 aromatic heterocycles. The van der Waals surface area contributed by atoms with E-state index >= 15 is 0 Å². The Morgan fingerprint density at radius 2 is 2.00 bits per heavy atom. The molecule has 1 N–H and O–H groups in total. The number of hydrogen-bond acceptors (Lipinski definition) is 6. The highest BCUT2D eigenvalue weighted by molar-refractivity contribution is 7.99. The van der Waals surface area contributed by atoms with Crippen molar-refractivity contribution in [2.24, 2.45) is 0 Å². The molecule has 0 aliphatic heterocycles. The maximum Gasteiger partial charge on any atom is 0.236 e. The van der Waals surface area contributed by atoms with E-state index in [2.05, 4.69) is 20.5 Å². The predicted molar refractivity (Wildman–Crippen MR) is 112 cm³/mol. The Kier molecular flexibility index (Phi) is 5.64. The molecule has 0 fully saturated rings. The molecule has 3 heterocycles. The van der Waals surface area contributed by atoms with Gasteiger partial charge in [0.05, 0.1) is 22.6 Å². The van der Waals surface area contributed by atoms with Crippen molar-refractivity contribution < 1.29 is 9.21 Å². The van der Waals surface area contributed by atoms with Crippen molar-refractivity contribution >= 4 is 35.1 Å². The first-order chi connectivity index (χ1) is 14.1. The van der Waals surface area contributed by atoms with Crippen LogP contribution in [0.2, 0.25) is 5.02 Å². The third-order valence-electron chi connectivity index (χ3n) is 4.07. The van der Waals surface area contributed by atoms with Gasteiger partial charge < -0.3 is 9.73 Å². The van der Waals surface area contributed by atoms with Gasteiger partial charge in [0.15, 0.2) is 11.0 Å². The molecule has 0 bridgehead atoms. The van der Waals surface area contributed by atoms with Crippen molar-refractivity contribution in [3.05, 3.63) is 71.8 Å². The quantitative estimate of drug-likeness (QED) is 0.454. The van der Waals surface area contributed by atoms with Crippen LogP contribution in [0.15, 0.2) is 70.6 Å². The minimum atomic E-state index is -0.200. The molecule has 0 saturated carbocycles. The fourth-order valence-electron chi connectivity index (χ4n) is 2.72. The second-order valence-electron chi connectivity index (χ2n) is 6.07. The van der Waals surface area contributed by atoms with E-state index in [-0.39, 0.29) is 11.7 Å². The van der Waals surface area contributed by atoms with E-state index in [9.17, 15) is 4.79 Å². The molecule has 1 aromatic carbocycles. The summed E-state index contributed by atoms with van der Waals surface area (Å²) in [7, 11) is 0. The summed E-state index contributed by atoms with van der Waals surface area (Å²) in [6.07, 6.45) is 3.10. The lowest BCUT2D eigenvalue weighted by atomic mass is 10.2. The number of aryl methyl sites for hydroxylation is 1. The molecule has 0 saturated heterocycles. The monoisotopic (exact) mass is 425 g/mol. The molecule has 29 heavy (non-hydrogen) atoms. The van der Waals surface area contributed by atoms with Gasteiger partial charge in [-0.2, -0.15) is 0 Å². The third-order valence-corrected chi connectivity index (χ3v) is 5.23. The average Bonchev–Trinajstić information content (AvgIpc) is 3.34. The van der Waals surface area contributed by atoms with Gasteiger partial charge >= 0.3 is 0 Å². The number of halogens is 1. The molecule has 146 valence electrons. The fraction of sp³-hybridized carbons (Fsp3) is 0.100. The smallest absolute Gasteiger partial charge is 0.236 e. The van der Waals surface area contributed by atoms with Gasteiger partial charge in [-0.1, -0.05) is 41.6 Å². The molecule has 0 aliphatic rings. The van der Waals surface area contributed by atoms with Crippen molar-refractivity contribution in [2.45, 2.75) is 12.1 Å². The van der Waals surface area contributed by atoms with Crippen LogP contribution >= 0.6 is 23.4 Å². The Balaban J connectivity index is 1.57. The highest BCUT2D eigenvalue weighted by Crippen LogP contribution is 2.30. The molecule has 0 spiro atoms. The first kappa shape index (κ1) is 19.2. The van der Waals surface area contributed by atoms with Gasteiger partial charge in [0, 0.05) is 11.9 Å². The first-order valence-electron chi connectivity index (χ1n) is 8.71. The van der Waals surface area contributed by atoms with E-state index in [4.69, 9.17) is 16.0 Å². The van der Waals surface area contributed by atoms with Crippen LogP contribution in [-0.4, -0.2) is 31.4 Å². The summed E-state index contributed by atoms with van der Waals surface area (Å²) in [6.45, 7) is 1.87. The van der Waals surface area contributed by atoms with Crippen LogP contribution in [0.1, 0.15) is 5.76 Å². The SMILES string of the molecule is Cc1occc1-c1nnc(SCC(=O)Nc2ccc(Cl)cn2)n1-c1ccccc1. The Hall–Kier alpha value is -3.10. The number of para-hydroxylation sites is 1. The number of pyridine rings is 1. The molecular weight excluding hydrogens is 410 g/mol. The largest absolute Gasteiger partial charge is 0.469 e. The van der Waals surface area contributed by atoms with E-state index in [0.717, 1.165) is 17.0 Å². The molecule has 4 aromatic rings. The van der Waals surface area contributed by atoms with E-state index in [1.807, 2.05) is 47.9 Å². The molecule has 0 aliphatic carbocycles. The number of anilines is 1. The van der Waals surface area contributed by atoms with Crippen molar-refractivity contribution in [2.75, 3.05) is 11.1 Å². The molecule has 1 amide bonds. The second kappa shape index (κ2) is 8.50. The maximum absolute atomic E-state index is 12.3. The van der Waals surface area contributed by atoms with E-state index in [0.29, 0.717) is 21.8 Å². The topological polar surface area (TPSA) is 85.8 Å². The van der Waals surface area contributed by atoms with Crippen LogP contribution in [0.25, 0.3) is 17.1 Å². The summed E-state index contributed by atoms with van der Waals surface area (Å²) in [5, 5.41) is 12.5. The van der Waals surface area contributed by atoms with Gasteiger partial charge in [0.1, 0.15) is 11.6 Å². The number of rotatable bonds is 6. The Bertz CT molecular complexity index is 1130. The second-order valence-corrected chi connectivity index (χ2v) is 7.45. The highest BCUT2D eigenvalue weighted by atomic mass is 35.5. The summed E-state index contributed by atoms with van der Waals surface area (Å²) in [5.74, 6) is 1.80. The zero-order chi connectivity index (χ0) is 20.2. The number of nitrogens with one attached hydrogen (secondary N) is 1. The summed E-state index contributed by atoms with van der Waals surface area (Å²) in [5.41, 5.74) is 1.75. The van der Waals surface area contributed by atoms with Gasteiger partial charge in [0.2, 0.25) is 5.91 Å². The van der Waals surface area contributed by atoms with E-state index in [1.165, 1.54) is 18.0 Å². The number of benzene rings is 1. The summed E-state index contributed by atoms with van der Waals surface area (Å²) < 4.78 is 7.34. The van der Waals surface area contributed by atoms with Crippen molar-refractivity contribution in [1.29, 1.82) is 0 Å². The van der Waals surface area contributed by atoms with E-state index < -0.39 is 0 Å². The fourth-order valence-corrected chi connectivity index (χ4v) is 3.59. The van der Waals surface area contributed by atoms with Crippen molar-refractivity contribution in [3.8, 4) is 17.1 Å². The zero-order valence-corrected chi connectivity index (χ0v) is 16.9. The molecular formula is C20H16ClN5O2S. The predicted octanol–water partition coefficient (Wildman–Crippen LogP) is 4.61. The molecule has 9 heteroatoms. The van der Waals surface area contributed by atoms with E-state index in [1.54, 1.807) is 18.4 Å². The summed E-state index contributed by atoms with van der Waals surface area (Å²) in [6, 6.07) is 14.9. The number of carbonyl (C=O) groups excluding carboxylic acids is 1. The first-order valence-corrected chi connectivity index (χ1v) is 10.1. The van der Waals surface area contributed by atoms with Crippen LogP contribution in [0.5, 0.6) is 0 Å². The van der Waals surface area contributed by atoms with Gasteiger partial charge in [-0.05, 0) is 37.3 Å². The third kappa shape index (κ3) is 4.33. The minimum Gasteiger partial charge on any atom is -0.469 e. The average molecular weight is 426 g/mol. The lowest BCUT2D eigenvalue weighted by molar-refractivity contribution is -0.113. The van der Waals surface area contributed by atoms with Crippen LogP contribution in [0, 0.1) is 6.92 Å². The Morgan fingerprint density at radius 1 is 1.17 bits per heavy atom. The number of amides is 1. The Labute approximate surface area is 176 Å². The van der Waals surface area contributed by atoms with Crippen LogP contribution in [-0.2, 0) is 4.79 Å². The zero-order valence-electron chi connectivity index (χ0n) is 15.4. The normalized spacial score (nSPS) is 10.8. The number of hydrogen-bond donors (Lipinski definition) is 1. The van der Waals surface area contributed by atoms with Crippen LogP contribution in [0.3, 0.4) is 0 Å². The van der Waals surface area contributed by atoms with Crippen LogP contribution in [0.4, 0.5) is 5.82 Å². The summed E-state index contributed by atoms with van der Waals surface area (Å²) >= 11 is 7.11. The molecule has 7 nitrogen and oxygen atoms in total. The number of thioether (sulfide) groups is 1. The molecule has 0 radical (unpaired) electrons. The number of aromatic nitrogens is 4. The van der Waals surface area contributed by atoms with Gasteiger partial charge in [-0.25, -0.2) is 4.98 Å². The van der Waals surface area contributed by atoms with Crippen molar-refractivity contribution in [1.82, 2.24) is 19.7 Å². The highest BCUT2D eigenvalue weighted by Gasteiger charge is 2.19. The number of carbonyl (C=O) groups is 1. The summed E-state index contributed by atoms with van der Waals surface area (Å²) in [4.78, 5) is 16.4. The standard InChI is InChI=1S/C20H16ClN5O2S/c1-13-16(9-10-28-13)19-24-25-20(26(19)15-5-3-2-4-6-15)29-12-18(27)23-17-8-7-14(21)11-22-17/h2-11H,12H2,1H3,(H,22,23,27). The minimum absolute atomic E-state index is 0.152. The lowest BCUT2D eigenvalue weighted by Gasteiger charge is -2.10. The van der Waals surface area contributed by atoms with Crippen LogP contribution < -0.4 is 5.32 Å². The number of furan rings is 1. The lowest BCUT2D eigenvalue weighted by Crippen LogP contribution is -2.15. The molecule has 4 rings (SSSR count).